The van der Waals surface area contributed by atoms with E-state index < -0.39 is 10.0 Å². The summed E-state index contributed by atoms with van der Waals surface area (Å²) in [6, 6.07) is 1.62. The number of nitrogens with zero attached hydrogens (tertiary/aromatic N) is 1. The van der Waals surface area contributed by atoms with Crippen LogP contribution in [0.25, 0.3) is 0 Å². The van der Waals surface area contributed by atoms with Crippen LogP contribution in [0, 0.1) is 11.8 Å². The highest BCUT2D eigenvalue weighted by atomic mass is 32.2. The van der Waals surface area contributed by atoms with E-state index in [-0.39, 0.29) is 11.8 Å². The predicted molar refractivity (Wildman–Crippen MR) is 68.2 cm³/mol. The fourth-order valence-electron chi connectivity index (χ4n) is 2.53. The molecule has 0 amide bonds. The van der Waals surface area contributed by atoms with E-state index in [0.717, 1.165) is 12.8 Å². The van der Waals surface area contributed by atoms with Crippen molar-refractivity contribution in [1.82, 2.24) is 9.88 Å². The molecule has 18 heavy (non-hydrogen) atoms. The van der Waals surface area contributed by atoms with E-state index in [2.05, 4.69) is 28.2 Å². The van der Waals surface area contributed by atoms with Gasteiger partial charge < -0.3 is 4.52 Å². The Balaban J connectivity index is 1.99. The highest BCUT2D eigenvalue weighted by Crippen LogP contribution is 2.30. The molecule has 1 aromatic heterocycles. The van der Waals surface area contributed by atoms with Crippen molar-refractivity contribution in [2.24, 2.45) is 11.8 Å². The topological polar surface area (TPSA) is 72.2 Å². The summed E-state index contributed by atoms with van der Waals surface area (Å²) in [5.41, 5.74) is 0.444. The first kappa shape index (κ1) is 13.5. The zero-order valence-corrected chi connectivity index (χ0v) is 11.6. The summed E-state index contributed by atoms with van der Waals surface area (Å²) in [5, 5.41) is 3.63. The van der Waals surface area contributed by atoms with Crippen molar-refractivity contribution in [3.63, 3.8) is 0 Å². The predicted octanol–water partition coefficient (Wildman–Crippen LogP) is 1.92. The molecule has 3 atom stereocenters. The molecule has 0 aromatic carbocycles. The van der Waals surface area contributed by atoms with Gasteiger partial charge in [-0.3, -0.25) is 0 Å². The Morgan fingerprint density at radius 1 is 1.44 bits per heavy atom. The highest BCUT2D eigenvalue weighted by molar-refractivity contribution is 7.88. The van der Waals surface area contributed by atoms with Gasteiger partial charge in [0.25, 0.3) is 0 Å². The van der Waals surface area contributed by atoms with Crippen LogP contribution in [-0.4, -0.2) is 19.6 Å². The van der Waals surface area contributed by atoms with Gasteiger partial charge in [0.2, 0.25) is 10.0 Å². The van der Waals surface area contributed by atoms with Crippen molar-refractivity contribution < 1.29 is 12.9 Å². The number of hydrogen-bond acceptors (Lipinski definition) is 4. The van der Waals surface area contributed by atoms with E-state index in [1.54, 1.807) is 6.07 Å². The SMILES string of the molecule is C[C@H]1[C@H](C)CCC[C@@H]1NS(=O)(=O)Cc1ccon1. The Morgan fingerprint density at radius 3 is 2.89 bits per heavy atom. The van der Waals surface area contributed by atoms with Crippen LogP contribution in [0.4, 0.5) is 0 Å². The number of aromatic nitrogens is 1. The molecule has 102 valence electrons. The first-order chi connectivity index (χ1) is 8.48. The lowest BCUT2D eigenvalue weighted by Crippen LogP contribution is -2.44. The van der Waals surface area contributed by atoms with Crippen molar-refractivity contribution in [2.45, 2.75) is 44.9 Å². The minimum absolute atomic E-state index is 0.0469. The lowest BCUT2D eigenvalue weighted by atomic mass is 9.78. The third-order valence-corrected chi connectivity index (χ3v) is 5.20. The maximum Gasteiger partial charge on any atom is 0.217 e. The Morgan fingerprint density at radius 2 is 2.22 bits per heavy atom. The smallest absolute Gasteiger partial charge is 0.217 e. The summed E-state index contributed by atoms with van der Waals surface area (Å²) in [6.07, 6.45) is 4.57. The normalized spacial score (nSPS) is 29.3. The van der Waals surface area contributed by atoms with E-state index in [1.165, 1.54) is 12.7 Å². The highest BCUT2D eigenvalue weighted by Gasteiger charge is 2.30. The van der Waals surface area contributed by atoms with E-state index in [9.17, 15) is 8.42 Å². The van der Waals surface area contributed by atoms with E-state index >= 15 is 0 Å². The Kier molecular flexibility index (Phi) is 4.07. The largest absolute Gasteiger partial charge is 0.364 e. The molecule has 1 saturated carbocycles. The minimum atomic E-state index is -3.33. The molecule has 1 aromatic rings. The molecule has 0 spiro atoms. The molecule has 0 radical (unpaired) electrons. The molecule has 1 aliphatic rings. The maximum atomic E-state index is 12.0. The van der Waals surface area contributed by atoms with Crippen LogP contribution in [0.5, 0.6) is 0 Å². The summed E-state index contributed by atoms with van der Waals surface area (Å²) >= 11 is 0. The third-order valence-electron chi connectivity index (χ3n) is 3.87. The van der Waals surface area contributed by atoms with Crippen molar-refractivity contribution >= 4 is 10.0 Å². The second-order valence-electron chi connectivity index (χ2n) is 5.24. The van der Waals surface area contributed by atoms with Gasteiger partial charge in [0.05, 0.1) is 5.69 Å². The fourth-order valence-corrected chi connectivity index (χ4v) is 3.94. The van der Waals surface area contributed by atoms with E-state index in [0.29, 0.717) is 17.5 Å². The zero-order chi connectivity index (χ0) is 13.2. The number of hydrogen-bond donors (Lipinski definition) is 1. The summed E-state index contributed by atoms with van der Waals surface area (Å²) in [6.45, 7) is 4.30. The summed E-state index contributed by atoms with van der Waals surface area (Å²) in [5.74, 6) is 0.838. The second-order valence-corrected chi connectivity index (χ2v) is 7.00. The van der Waals surface area contributed by atoms with Gasteiger partial charge in [0, 0.05) is 12.1 Å². The van der Waals surface area contributed by atoms with Crippen LogP contribution < -0.4 is 4.72 Å². The Labute approximate surface area is 108 Å². The van der Waals surface area contributed by atoms with Crippen molar-refractivity contribution in [2.75, 3.05) is 0 Å². The standard InChI is InChI=1S/C12H20N2O3S/c1-9-4-3-5-12(10(9)2)14-18(15,16)8-11-6-7-17-13-11/h6-7,9-10,12,14H,3-5,8H2,1-2H3/t9-,10+,12+/m1/s1. The van der Waals surface area contributed by atoms with Gasteiger partial charge in [-0.25, -0.2) is 13.1 Å². The molecule has 0 aliphatic heterocycles. The summed E-state index contributed by atoms with van der Waals surface area (Å²) in [7, 11) is -3.33. The van der Waals surface area contributed by atoms with Gasteiger partial charge in [-0.2, -0.15) is 0 Å². The first-order valence-electron chi connectivity index (χ1n) is 6.37. The molecule has 1 aliphatic carbocycles. The second kappa shape index (κ2) is 5.40. The molecule has 1 N–H and O–H groups in total. The molecular weight excluding hydrogens is 252 g/mol. The van der Waals surface area contributed by atoms with Crippen LogP contribution in [0.15, 0.2) is 16.9 Å². The van der Waals surface area contributed by atoms with Crippen molar-refractivity contribution in [1.29, 1.82) is 0 Å². The van der Waals surface area contributed by atoms with Gasteiger partial charge in [-0.15, -0.1) is 0 Å². The molecular formula is C12H20N2O3S. The molecule has 2 rings (SSSR count). The van der Waals surface area contributed by atoms with Gasteiger partial charge in [-0.1, -0.05) is 31.8 Å². The monoisotopic (exact) mass is 272 g/mol. The van der Waals surface area contributed by atoms with Gasteiger partial charge >= 0.3 is 0 Å². The molecule has 6 heteroatoms. The Hall–Kier alpha value is -0.880. The average Bonchev–Trinajstić information content (AvgIpc) is 2.76. The van der Waals surface area contributed by atoms with Crippen LogP contribution in [0.2, 0.25) is 0 Å². The Bertz CT molecular complexity index is 470. The molecule has 5 nitrogen and oxygen atoms in total. The number of sulfonamides is 1. The first-order valence-corrected chi connectivity index (χ1v) is 8.02. The van der Waals surface area contributed by atoms with Crippen LogP contribution in [0.3, 0.4) is 0 Å². The molecule has 1 heterocycles. The van der Waals surface area contributed by atoms with Gasteiger partial charge in [-0.05, 0) is 18.3 Å². The lowest BCUT2D eigenvalue weighted by Gasteiger charge is -2.34. The lowest BCUT2D eigenvalue weighted by molar-refractivity contribution is 0.227. The quantitative estimate of drug-likeness (QED) is 0.909. The van der Waals surface area contributed by atoms with Crippen molar-refractivity contribution in [3.05, 3.63) is 18.0 Å². The molecule has 0 bridgehead atoms. The van der Waals surface area contributed by atoms with E-state index in [1.807, 2.05) is 0 Å². The molecule has 0 saturated heterocycles. The number of rotatable bonds is 4. The van der Waals surface area contributed by atoms with Crippen molar-refractivity contribution in [3.8, 4) is 0 Å². The maximum absolute atomic E-state index is 12.0. The third kappa shape index (κ3) is 3.32. The minimum Gasteiger partial charge on any atom is -0.364 e. The summed E-state index contributed by atoms with van der Waals surface area (Å²) in [4.78, 5) is 0. The average molecular weight is 272 g/mol. The zero-order valence-electron chi connectivity index (χ0n) is 10.8. The van der Waals surface area contributed by atoms with Gasteiger partial charge in [0.15, 0.2) is 0 Å². The van der Waals surface area contributed by atoms with Gasteiger partial charge in [0.1, 0.15) is 12.0 Å². The van der Waals surface area contributed by atoms with E-state index in [4.69, 9.17) is 0 Å². The van der Waals surface area contributed by atoms with Crippen LogP contribution in [0.1, 0.15) is 38.8 Å². The van der Waals surface area contributed by atoms with Crippen LogP contribution in [-0.2, 0) is 15.8 Å². The fraction of sp³-hybridized carbons (Fsp3) is 0.750. The molecule has 0 unspecified atom stereocenters. The molecule has 1 fully saturated rings. The summed E-state index contributed by atoms with van der Waals surface area (Å²) < 4.78 is 31.5. The number of nitrogens with one attached hydrogen (secondary N) is 1. The van der Waals surface area contributed by atoms with Crippen LogP contribution >= 0.6 is 0 Å².